The molecule has 1 fully saturated rings. The Kier molecular flexibility index (Phi) is 24.3. The lowest BCUT2D eigenvalue weighted by Gasteiger charge is -2.12. The Bertz CT molecular complexity index is 6400. The molecule has 117 heavy (non-hydrogen) atoms. The first-order valence-corrected chi connectivity index (χ1v) is 42.0. The number of hydrogen-bond acceptors (Lipinski definition) is 4. The molecule has 8 nitrogen and oxygen atoms in total. The maximum atomic E-state index is 4.88. The number of rotatable bonds is 12. The second-order valence-electron chi connectivity index (χ2n) is 34.2. The first-order valence-electron chi connectivity index (χ1n) is 42.0. The first kappa shape index (κ1) is 81.6. The Hall–Kier alpha value is -12.0. The first-order chi connectivity index (χ1) is 56.1. The van der Waals surface area contributed by atoms with Crippen molar-refractivity contribution < 1.29 is 18.3 Å². The van der Waals surface area contributed by atoms with E-state index in [0.717, 1.165) is 40.3 Å². The van der Waals surface area contributed by atoms with Gasteiger partial charge in [0.1, 0.15) is 28.2 Å². The van der Waals surface area contributed by atoms with Crippen molar-refractivity contribution in [2.75, 3.05) is 0 Å². The maximum Gasteiger partial charge on any atom is 0.213 e. The highest BCUT2D eigenvalue weighted by Gasteiger charge is 2.25. The fraction of sp³-hybridized carbons (Fsp3) is 0.266. The van der Waals surface area contributed by atoms with Crippen LogP contribution < -0.4 is 18.3 Å². The molecular weight excluding hydrogens is 1420 g/mol. The lowest BCUT2D eigenvalue weighted by molar-refractivity contribution is -0.659. The fourth-order valence-electron chi connectivity index (χ4n) is 17.5. The summed E-state index contributed by atoms with van der Waals surface area (Å²) in [5.74, 6) is 1.76. The number of aryl methyl sites for hydroxylation is 13. The molecule has 0 saturated heterocycles. The molecule has 8 aromatic carbocycles. The number of hydrogen-bond donors (Lipinski definition) is 0. The van der Waals surface area contributed by atoms with Crippen molar-refractivity contribution >= 4 is 43.1 Å². The second-order valence-corrected chi connectivity index (χ2v) is 34.2. The minimum atomic E-state index is 0.443. The summed E-state index contributed by atoms with van der Waals surface area (Å²) in [4.78, 5) is 18.7. The van der Waals surface area contributed by atoms with Gasteiger partial charge in [-0.3, -0.25) is 19.9 Å². The van der Waals surface area contributed by atoms with Crippen LogP contribution in [-0.2, 0) is 34.6 Å². The molecular formula is C109H116N8+4. The van der Waals surface area contributed by atoms with E-state index < -0.39 is 0 Å². The van der Waals surface area contributed by atoms with Gasteiger partial charge >= 0.3 is 0 Å². The molecule has 0 radical (unpaired) electrons. The highest BCUT2D eigenvalue weighted by atomic mass is 14.9. The molecule has 0 atom stereocenters. The van der Waals surface area contributed by atoms with Gasteiger partial charge in [-0.1, -0.05) is 184 Å². The monoisotopic (exact) mass is 1540 g/mol. The Morgan fingerprint density at radius 3 is 0.991 bits per heavy atom. The fourth-order valence-corrected chi connectivity index (χ4v) is 17.5. The third-order valence-corrected chi connectivity index (χ3v) is 24.4. The van der Waals surface area contributed by atoms with Gasteiger partial charge in [-0.15, -0.1) is 0 Å². The standard InChI is InChI=1S/C29H31N2.C28H31N2.C27H29N2.C25H25N2/c1-19-14-20(2)21(3)26(15-19)29-16-23-10-7-11-25(27(23)18-31(29)4)28-13-12-24(17-30-28)22-8-5-6-9-22;1-18(2)12-24-11-10-23(16-29-24)25-9-7-8-22-15-28(30(6)17-27(22)25)26-14-19(3)13-20(4)21(26)5;1-17(2)26-11-10-22(15-28-26)23-9-7-8-21-14-27(29(6)16-25(21)23)24-13-18(3)12-19(4)20(24)5;1-16-11-17(2)19(4)23(12-16)25-13-20-7-6-8-22(24(20)15-27(25)5)21-10-9-18(3)26-14-21/h7,10-18,22H,5-6,8-9H2,1-4H3;7-11,13-18H,12H2,1-6H3;7-17H,1-6H3;6-15H,1-5H3/q4*+1. The van der Waals surface area contributed by atoms with E-state index in [-0.39, 0.29) is 0 Å². The van der Waals surface area contributed by atoms with E-state index in [1.165, 1.54) is 214 Å². The lowest BCUT2D eigenvalue weighted by atomic mass is 9.95. The van der Waals surface area contributed by atoms with Crippen LogP contribution in [0, 0.1) is 95.9 Å². The normalized spacial score (nSPS) is 12.2. The van der Waals surface area contributed by atoms with Crippen LogP contribution in [-0.4, -0.2) is 19.9 Å². The Balaban J connectivity index is 0.000000129. The Morgan fingerprint density at radius 1 is 0.325 bits per heavy atom. The molecule has 8 aromatic heterocycles. The van der Waals surface area contributed by atoms with Crippen LogP contribution >= 0.6 is 0 Å². The molecule has 8 heterocycles. The summed E-state index contributed by atoms with van der Waals surface area (Å²) in [6, 6.07) is 71.1. The summed E-state index contributed by atoms with van der Waals surface area (Å²) < 4.78 is 9.02. The molecule has 1 aliphatic carbocycles. The van der Waals surface area contributed by atoms with Crippen molar-refractivity contribution in [1.82, 2.24) is 19.9 Å². The minimum Gasteiger partial charge on any atom is -0.261 e. The van der Waals surface area contributed by atoms with E-state index in [2.05, 4.69) is 392 Å². The summed E-state index contributed by atoms with van der Waals surface area (Å²) in [5.41, 5.74) is 40.3. The van der Waals surface area contributed by atoms with Gasteiger partial charge in [-0.25, -0.2) is 18.3 Å². The summed E-state index contributed by atoms with van der Waals surface area (Å²) in [6.45, 7) is 37.2. The molecule has 1 saturated carbocycles. The zero-order valence-electron chi connectivity index (χ0n) is 72.9. The van der Waals surface area contributed by atoms with Crippen LogP contribution in [0.3, 0.4) is 0 Å². The van der Waals surface area contributed by atoms with Crippen LogP contribution in [0.4, 0.5) is 0 Å². The van der Waals surface area contributed by atoms with Crippen LogP contribution in [0.1, 0.15) is 155 Å². The average molecular weight is 1540 g/mol. The molecule has 0 amide bonds. The molecule has 8 heteroatoms. The maximum absolute atomic E-state index is 4.88. The zero-order valence-corrected chi connectivity index (χ0v) is 72.9. The van der Waals surface area contributed by atoms with E-state index in [1.807, 2.05) is 25.5 Å². The number of nitrogens with zero attached hydrogens (tertiary/aromatic N) is 8. The van der Waals surface area contributed by atoms with Crippen molar-refractivity contribution in [1.29, 1.82) is 0 Å². The van der Waals surface area contributed by atoms with Gasteiger partial charge in [0.2, 0.25) is 22.8 Å². The summed E-state index contributed by atoms with van der Waals surface area (Å²) in [6.07, 6.45) is 23.5. The topological polar surface area (TPSA) is 67.1 Å². The van der Waals surface area contributed by atoms with Crippen LogP contribution in [0.5, 0.6) is 0 Å². The minimum absolute atomic E-state index is 0.443. The predicted octanol–water partition coefficient (Wildman–Crippen LogP) is 25.6. The smallest absolute Gasteiger partial charge is 0.213 e. The van der Waals surface area contributed by atoms with Gasteiger partial charge < -0.3 is 0 Å². The summed E-state index contributed by atoms with van der Waals surface area (Å²) in [5, 5.41) is 10.0. The van der Waals surface area contributed by atoms with E-state index in [9.17, 15) is 0 Å². The van der Waals surface area contributed by atoms with Gasteiger partial charge in [0.05, 0.1) is 27.2 Å². The molecule has 0 unspecified atom stereocenters. The van der Waals surface area contributed by atoms with Crippen molar-refractivity contribution in [3.05, 3.63) is 333 Å². The summed E-state index contributed by atoms with van der Waals surface area (Å²) >= 11 is 0. The molecule has 16 aromatic rings. The zero-order chi connectivity index (χ0) is 82.8. The number of benzene rings is 8. The predicted molar refractivity (Wildman–Crippen MR) is 491 cm³/mol. The van der Waals surface area contributed by atoms with Gasteiger partial charge in [-0.05, 0) is 264 Å². The molecule has 0 aliphatic heterocycles. The highest BCUT2D eigenvalue weighted by molar-refractivity contribution is 6.00. The number of aromatic nitrogens is 8. The van der Waals surface area contributed by atoms with Gasteiger partial charge in [0, 0.05) is 111 Å². The third-order valence-electron chi connectivity index (χ3n) is 24.4. The van der Waals surface area contributed by atoms with Crippen LogP contribution in [0.2, 0.25) is 0 Å². The van der Waals surface area contributed by atoms with Crippen molar-refractivity contribution in [2.45, 2.75) is 162 Å². The molecule has 0 N–H and O–H groups in total. The second kappa shape index (κ2) is 34.8. The van der Waals surface area contributed by atoms with E-state index in [0.29, 0.717) is 17.8 Å². The third kappa shape index (κ3) is 17.7. The molecule has 0 bridgehead atoms. The van der Waals surface area contributed by atoms with Gasteiger partial charge in [0.15, 0.2) is 24.8 Å². The summed E-state index contributed by atoms with van der Waals surface area (Å²) in [7, 11) is 8.57. The van der Waals surface area contributed by atoms with Crippen molar-refractivity contribution in [3.8, 4) is 89.7 Å². The van der Waals surface area contributed by atoms with Crippen molar-refractivity contribution in [3.63, 3.8) is 0 Å². The van der Waals surface area contributed by atoms with Crippen molar-refractivity contribution in [2.24, 2.45) is 34.1 Å². The largest absolute Gasteiger partial charge is 0.261 e. The SMILES string of the molecule is Cc1cc(C)c(C)c(-c2cc3cccc(-c4ccc(C(C)C)nc4)c3c[n+]2C)c1.Cc1cc(C)c(C)c(-c2cc3cccc(-c4ccc(C)nc4)c3c[n+]2C)c1.Cc1cc(C)c(C)c(-c2cc3cccc(-c4ccc(C5CCCC5)cn4)c3c[n+]2C)c1.Cc1cc(C)c(C)c(-c2cc3cccc(-c4ccc(CC(C)C)nc4)c3c[n+]2C)c1. The quantitative estimate of drug-likeness (QED) is 0.114. The number of fused-ring (bicyclic) bond motifs is 4. The highest BCUT2D eigenvalue weighted by Crippen LogP contribution is 2.40. The molecule has 17 rings (SSSR count). The Morgan fingerprint density at radius 2 is 0.675 bits per heavy atom. The van der Waals surface area contributed by atoms with Gasteiger partial charge in [0.25, 0.3) is 0 Å². The molecule has 1 aliphatic rings. The average Bonchev–Trinajstić information content (AvgIpc) is 1.62. The molecule has 588 valence electrons. The van der Waals surface area contributed by atoms with Crippen LogP contribution in [0.15, 0.2) is 244 Å². The molecule has 0 spiro atoms. The van der Waals surface area contributed by atoms with Crippen LogP contribution in [0.25, 0.3) is 133 Å². The Labute approximate surface area is 695 Å². The lowest BCUT2D eigenvalue weighted by Crippen LogP contribution is -2.30. The van der Waals surface area contributed by atoms with E-state index in [4.69, 9.17) is 9.97 Å². The van der Waals surface area contributed by atoms with Gasteiger partial charge in [-0.2, -0.15) is 0 Å². The van der Waals surface area contributed by atoms with E-state index >= 15 is 0 Å². The van der Waals surface area contributed by atoms with E-state index in [1.54, 1.807) is 0 Å². The number of pyridine rings is 8.